The summed E-state index contributed by atoms with van der Waals surface area (Å²) in [5.41, 5.74) is 1.17. The molecule has 2 saturated heterocycles. The maximum absolute atomic E-state index is 12.4. The van der Waals surface area contributed by atoms with Gasteiger partial charge in [0.2, 0.25) is 5.91 Å². The minimum Gasteiger partial charge on any atom is -0.378 e. The summed E-state index contributed by atoms with van der Waals surface area (Å²) in [5, 5.41) is 4.39. The highest BCUT2D eigenvalue weighted by Gasteiger charge is 2.27. The van der Waals surface area contributed by atoms with Crippen LogP contribution in [0.2, 0.25) is 0 Å². The molecule has 5 nitrogen and oxygen atoms in total. The van der Waals surface area contributed by atoms with Crippen molar-refractivity contribution in [2.75, 3.05) is 19.7 Å². The summed E-state index contributed by atoms with van der Waals surface area (Å²) in [6.45, 7) is 4.52. The Morgan fingerprint density at radius 2 is 2.35 bits per heavy atom. The molecule has 0 spiro atoms. The van der Waals surface area contributed by atoms with E-state index in [4.69, 9.17) is 4.74 Å². The first-order chi connectivity index (χ1) is 9.72. The van der Waals surface area contributed by atoms with Crippen LogP contribution >= 0.6 is 0 Å². The van der Waals surface area contributed by atoms with Gasteiger partial charge in [0.15, 0.2) is 0 Å². The third kappa shape index (κ3) is 3.03. The molecule has 2 fully saturated rings. The fourth-order valence-corrected chi connectivity index (χ4v) is 3.16. The summed E-state index contributed by atoms with van der Waals surface area (Å²) in [6, 6.07) is 0.325. The van der Waals surface area contributed by atoms with Crippen molar-refractivity contribution in [3.63, 3.8) is 0 Å². The summed E-state index contributed by atoms with van der Waals surface area (Å²) in [5.74, 6) is 0.241. The molecule has 2 atom stereocenters. The van der Waals surface area contributed by atoms with Crippen molar-refractivity contribution >= 4 is 5.91 Å². The Morgan fingerprint density at radius 3 is 3.05 bits per heavy atom. The highest BCUT2D eigenvalue weighted by Crippen LogP contribution is 2.23. The summed E-state index contributed by atoms with van der Waals surface area (Å²) in [7, 11) is 0. The van der Waals surface area contributed by atoms with E-state index in [1.165, 1.54) is 5.56 Å². The lowest BCUT2D eigenvalue weighted by Gasteiger charge is -2.33. The van der Waals surface area contributed by atoms with Crippen LogP contribution in [-0.2, 0) is 9.53 Å². The normalized spacial score (nSPS) is 26.9. The first-order valence-electron chi connectivity index (χ1n) is 7.62. The van der Waals surface area contributed by atoms with Crippen LogP contribution in [0, 0.1) is 6.92 Å². The molecule has 0 saturated carbocycles. The third-order valence-corrected chi connectivity index (χ3v) is 4.28. The minimum absolute atomic E-state index is 0.148. The average Bonchev–Trinajstić information content (AvgIpc) is 3.10. The molecule has 3 heterocycles. The Labute approximate surface area is 119 Å². The quantitative estimate of drug-likeness (QED) is 0.848. The van der Waals surface area contributed by atoms with Crippen LogP contribution in [0.15, 0.2) is 12.4 Å². The predicted molar refractivity (Wildman–Crippen MR) is 75.4 cm³/mol. The van der Waals surface area contributed by atoms with Crippen LogP contribution in [0.4, 0.5) is 0 Å². The molecule has 110 valence electrons. The van der Waals surface area contributed by atoms with E-state index >= 15 is 0 Å². The van der Waals surface area contributed by atoms with E-state index in [-0.39, 0.29) is 12.0 Å². The molecule has 0 aliphatic carbocycles. The number of hydrogen-bond acceptors (Lipinski definition) is 3. The third-order valence-electron chi connectivity index (χ3n) is 4.28. The van der Waals surface area contributed by atoms with Gasteiger partial charge in [-0.2, -0.15) is 5.10 Å². The number of rotatable bonds is 3. The number of aromatic nitrogens is 2. The second-order valence-electron chi connectivity index (χ2n) is 5.97. The number of hydrogen-bond donors (Lipinski definition) is 0. The van der Waals surface area contributed by atoms with Crippen molar-refractivity contribution in [3.8, 4) is 0 Å². The van der Waals surface area contributed by atoms with E-state index in [1.807, 2.05) is 22.7 Å². The topological polar surface area (TPSA) is 47.4 Å². The lowest BCUT2D eigenvalue weighted by atomic mass is 10.0. The number of nitrogens with zero attached hydrogens (tertiary/aromatic N) is 3. The fourth-order valence-electron chi connectivity index (χ4n) is 3.16. The Hall–Kier alpha value is -1.36. The molecular formula is C15H23N3O2. The van der Waals surface area contributed by atoms with Crippen molar-refractivity contribution in [1.82, 2.24) is 14.7 Å². The van der Waals surface area contributed by atoms with Gasteiger partial charge in [0.05, 0.1) is 24.8 Å². The molecule has 1 aromatic rings. The molecule has 0 N–H and O–H groups in total. The van der Waals surface area contributed by atoms with E-state index in [0.29, 0.717) is 12.5 Å². The van der Waals surface area contributed by atoms with Gasteiger partial charge in [-0.25, -0.2) is 0 Å². The van der Waals surface area contributed by atoms with E-state index in [1.54, 1.807) is 0 Å². The Bertz CT molecular complexity index is 465. The van der Waals surface area contributed by atoms with E-state index in [2.05, 4.69) is 11.3 Å². The van der Waals surface area contributed by atoms with Crippen molar-refractivity contribution in [2.45, 2.75) is 51.2 Å². The predicted octanol–water partition coefficient (Wildman–Crippen LogP) is 1.92. The van der Waals surface area contributed by atoms with Gasteiger partial charge < -0.3 is 9.64 Å². The highest BCUT2D eigenvalue weighted by molar-refractivity contribution is 5.76. The van der Waals surface area contributed by atoms with Crippen LogP contribution in [0.25, 0.3) is 0 Å². The second-order valence-corrected chi connectivity index (χ2v) is 5.97. The molecule has 2 aliphatic heterocycles. The average molecular weight is 277 g/mol. The van der Waals surface area contributed by atoms with Gasteiger partial charge in [0, 0.05) is 25.9 Å². The summed E-state index contributed by atoms with van der Waals surface area (Å²) in [6.07, 6.45) is 8.92. The zero-order valence-electron chi connectivity index (χ0n) is 12.1. The number of amides is 1. The number of piperidine rings is 1. The molecule has 1 amide bonds. The Balaban J connectivity index is 1.58. The van der Waals surface area contributed by atoms with E-state index in [9.17, 15) is 4.79 Å². The smallest absolute Gasteiger partial charge is 0.225 e. The number of carbonyl (C=O) groups is 1. The number of likely N-dealkylation sites (tertiary alicyclic amines) is 1. The number of carbonyl (C=O) groups excluding carboxylic acids is 1. The van der Waals surface area contributed by atoms with E-state index < -0.39 is 0 Å². The second kappa shape index (κ2) is 5.95. The lowest BCUT2D eigenvalue weighted by molar-refractivity contribution is -0.135. The maximum Gasteiger partial charge on any atom is 0.225 e. The molecule has 0 bridgehead atoms. The van der Waals surface area contributed by atoms with Gasteiger partial charge >= 0.3 is 0 Å². The van der Waals surface area contributed by atoms with Gasteiger partial charge in [-0.05, 0) is 38.2 Å². The monoisotopic (exact) mass is 277 g/mol. The van der Waals surface area contributed by atoms with Gasteiger partial charge in [0.1, 0.15) is 0 Å². The van der Waals surface area contributed by atoms with Crippen LogP contribution in [0.1, 0.15) is 43.7 Å². The molecular weight excluding hydrogens is 254 g/mol. The highest BCUT2D eigenvalue weighted by atomic mass is 16.5. The minimum atomic E-state index is 0.148. The maximum atomic E-state index is 12.4. The number of aryl methyl sites for hydroxylation is 1. The van der Waals surface area contributed by atoms with Gasteiger partial charge in [0.25, 0.3) is 0 Å². The Morgan fingerprint density at radius 1 is 1.45 bits per heavy atom. The first kappa shape index (κ1) is 13.6. The molecule has 20 heavy (non-hydrogen) atoms. The fraction of sp³-hybridized carbons (Fsp3) is 0.733. The molecule has 5 heteroatoms. The Kier molecular flexibility index (Phi) is 4.05. The molecule has 2 aliphatic rings. The van der Waals surface area contributed by atoms with Crippen molar-refractivity contribution in [2.24, 2.45) is 0 Å². The first-order valence-corrected chi connectivity index (χ1v) is 7.62. The molecule has 3 rings (SSSR count). The molecule has 0 radical (unpaired) electrons. The number of ether oxygens (including phenoxy) is 1. The summed E-state index contributed by atoms with van der Waals surface area (Å²) < 4.78 is 7.58. The zero-order chi connectivity index (χ0) is 13.9. The van der Waals surface area contributed by atoms with Crippen LogP contribution in [0.5, 0.6) is 0 Å². The largest absolute Gasteiger partial charge is 0.378 e. The molecule has 0 aromatic carbocycles. The molecule has 0 unspecified atom stereocenters. The summed E-state index contributed by atoms with van der Waals surface area (Å²) in [4.78, 5) is 14.3. The van der Waals surface area contributed by atoms with Crippen LogP contribution in [-0.4, -0.2) is 46.4 Å². The van der Waals surface area contributed by atoms with Gasteiger partial charge in [-0.1, -0.05) is 0 Å². The summed E-state index contributed by atoms with van der Waals surface area (Å²) >= 11 is 0. The van der Waals surface area contributed by atoms with Crippen molar-refractivity contribution in [3.05, 3.63) is 18.0 Å². The van der Waals surface area contributed by atoms with Gasteiger partial charge in [-0.3, -0.25) is 9.48 Å². The van der Waals surface area contributed by atoms with E-state index in [0.717, 1.165) is 45.4 Å². The SMILES string of the molecule is Cc1cnn([C@@H]2CCCN(C(=O)C[C@H]3CCCO3)C2)c1. The standard InChI is InChI=1S/C15H23N3O2/c1-12-9-16-18(10-12)13-4-2-6-17(11-13)15(19)8-14-5-3-7-20-14/h9-10,13-14H,2-8,11H2,1H3/t13-,14-/m1/s1. The van der Waals surface area contributed by atoms with Crippen LogP contribution in [0.3, 0.4) is 0 Å². The van der Waals surface area contributed by atoms with Crippen molar-refractivity contribution < 1.29 is 9.53 Å². The van der Waals surface area contributed by atoms with Gasteiger partial charge in [-0.15, -0.1) is 0 Å². The van der Waals surface area contributed by atoms with Crippen molar-refractivity contribution in [1.29, 1.82) is 0 Å². The van der Waals surface area contributed by atoms with Crippen LogP contribution < -0.4 is 0 Å². The lowest BCUT2D eigenvalue weighted by Crippen LogP contribution is -2.41. The molecule has 1 aromatic heterocycles. The zero-order valence-corrected chi connectivity index (χ0v) is 12.1.